The van der Waals surface area contributed by atoms with Crippen molar-refractivity contribution in [2.75, 3.05) is 0 Å². The van der Waals surface area contributed by atoms with Crippen molar-refractivity contribution in [3.05, 3.63) is 60.7 Å². The standard InChI is InChI=1S/C17H18Si/c1-3-15-18(4-2,16-11-7-5-8-12-16)17-13-9-6-10-14-17/h2,5-14H,3,15H2,1H3. The molecule has 1 heteroatoms. The first-order valence-corrected chi connectivity index (χ1v) is 8.63. The van der Waals surface area contributed by atoms with Gasteiger partial charge in [0.1, 0.15) is 0 Å². The van der Waals surface area contributed by atoms with E-state index in [1.165, 1.54) is 10.4 Å². The van der Waals surface area contributed by atoms with Crippen LogP contribution in [0.1, 0.15) is 13.3 Å². The molecule has 0 bridgehead atoms. The molecule has 2 aromatic rings. The van der Waals surface area contributed by atoms with Crippen LogP contribution < -0.4 is 10.4 Å². The lowest BCUT2D eigenvalue weighted by Gasteiger charge is -2.26. The summed E-state index contributed by atoms with van der Waals surface area (Å²) in [5.74, 6) is 0. The molecule has 2 rings (SSSR count). The van der Waals surface area contributed by atoms with Gasteiger partial charge in [0, 0.05) is 0 Å². The molecule has 90 valence electrons. The fourth-order valence-corrected chi connectivity index (χ4v) is 6.18. The van der Waals surface area contributed by atoms with E-state index >= 15 is 0 Å². The lowest BCUT2D eigenvalue weighted by Crippen LogP contribution is -2.57. The molecule has 0 amide bonds. The zero-order valence-corrected chi connectivity index (χ0v) is 11.8. The summed E-state index contributed by atoms with van der Waals surface area (Å²) in [5, 5.41) is 2.70. The average molecular weight is 250 g/mol. The summed E-state index contributed by atoms with van der Waals surface area (Å²) in [6, 6.07) is 22.3. The first-order chi connectivity index (χ1) is 8.83. The highest BCUT2D eigenvalue weighted by atomic mass is 28.3. The molecule has 0 aliphatic carbocycles. The SMILES string of the molecule is C#C[Si](CCC)(c1ccccc1)c1ccccc1. The Balaban J connectivity index is 2.58. The molecule has 0 unspecified atom stereocenters. The van der Waals surface area contributed by atoms with Crippen molar-refractivity contribution in [2.45, 2.75) is 19.4 Å². The highest BCUT2D eigenvalue weighted by Gasteiger charge is 2.34. The Morgan fingerprint density at radius 3 is 1.67 bits per heavy atom. The third-order valence-electron chi connectivity index (χ3n) is 3.40. The Bertz CT molecular complexity index is 483. The van der Waals surface area contributed by atoms with Gasteiger partial charge in [-0.25, -0.2) is 0 Å². The third-order valence-corrected chi connectivity index (χ3v) is 7.79. The molecule has 0 radical (unpaired) electrons. The first-order valence-electron chi connectivity index (χ1n) is 6.42. The molecule has 0 aliphatic rings. The molecule has 0 atom stereocenters. The van der Waals surface area contributed by atoms with E-state index in [2.05, 4.69) is 73.1 Å². The summed E-state index contributed by atoms with van der Waals surface area (Å²) in [7, 11) is -1.99. The van der Waals surface area contributed by atoms with Crippen LogP contribution in [0.3, 0.4) is 0 Å². The van der Waals surface area contributed by atoms with E-state index in [0.29, 0.717) is 0 Å². The molecule has 0 fully saturated rings. The van der Waals surface area contributed by atoms with Gasteiger partial charge in [-0.15, -0.1) is 12.0 Å². The van der Waals surface area contributed by atoms with Gasteiger partial charge in [0.25, 0.3) is 0 Å². The second-order valence-corrected chi connectivity index (χ2v) is 8.29. The predicted octanol–water partition coefficient (Wildman–Crippen LogP) is 2.83. The molecule has 0 nitrogen and oxygen atoms in total. The lowest BCUT2D eigenvalue weighted by molar-refractivity contribution is 1.06. The van der Waals surface area contributed by atoms with Crippen molar-refractivity contribution in [1.82, 2.24) is 0 Å². The fourth-order valence-electron chi connectivity index (χ4n) is 2.51. The highest BCUT2D eigenvalue weighted by molar-refractivity contribution is 7.08. The Morgan fingerprint density at radius 1 is 0.889 bits per heavy atom. The Morgan fingerprint density at radius 2 is 1.33 bits per heavy atom. The van der Waals surface area contributed by atoms with Gasteiger partial charge in [-0.1, -0.05) is 74.0 Å². The molecule has 18 heavy (non-hydrogen) atoms. The van der Waals surface area contributed by atoms with Crippen molar-refractivity contribution in [1.29, 1.82) is 0 Å². The maximum atomic E-state index is 5.97. The normalized spacial score (nSPS) is 10.9. The van der Waals surface area contributed by atoms with E-state index in [9.17, 15) is 0 Å². The van der Waals surface area contributed by atoms with E-state index in [1.54, 1.807) is 0 Å². The van der Waals surface area contributed by atoms with Crippen molar-refractivity contribution in [3.63, 3.8) is 0 Å². The van der Waals surface area contributed by atoms with Gasteiger partial charge >= 0.3 is 0 Å². The molecule has 0 aliphatic heterocycles. The van der Waals surface area contributed by atoms with Crippen molar-refractivity contribution >= 4 is 18.4 Å². The van der Waals surface area contributed by atoms with Crippen LogP contribution in [0.5, 0.6) is 0 Å². The Labute approximate surface area is 111 Å². The topological polar surface area (TPSA) is 0 Å². The fraction of sp³-hybridized carbons (Fsp3) is 0.176. The van der Waals surface area contributed by atoms with Gasteiger partial charge in [-0.2, -0.15) is 0 Å². The molecule has 2 aromatic carbocycles. The van der Waals surface area contributed by atoms with Gasteiger partial charge in [-0.05, 0) is 16.4 Å². The lowest BCUT2D eigenvalue weighted by atomic mass is 10.4. The average Bonchev–Trinajstić information content (AvgIpc) is 2.47. The maximum Gasteiger partial charge on any atom is 0.198 e. The molecule has 0 heterocycles. The van der Waals surface area contributed by atoms with Gasteiger partial charge in [-0.3, -0.25) is 0 Å². The molecule has 0 saturated heterocycles. The minimum Gasteiger partial charge on any atom is -0.126 e. The van der Waals surface area contributed by atoms with E-state index in [1.807, 2.05) is 0 Å². The van der Waals surface area contributed by atoms with Crippen LogP contribution in [0.4, 0.5) is 0 Å². The van der Waals surface area contributed by atoms with Crippen LogP contribution >= 0.6 is 0 Å². The van der Waals surface area contributed by atoms with E-state index in [4.69, 9.17) is 6.42 Å². The van der Waals surface area contributed by atoms with Crippen LogP contribution in [-0.4, -0.2) is 8.07 Å². The van der Waals surface area contributed by atoms with Crippen molar-refractivity contribution < 1.29 is 0 Å². The van der Waals surface area contributed by atoms with E-state index in [0.717, 1.165) is 12.5 Å². The zero-order valence-electron chi connectivity index (χ0n) is 10.8. The van der Waals surface area contributed by atoms with Crippen LogP contribution in [0.25, 0.3) is 0 Å². The van der Waals surface area contributed by atoms with Crippen LogP contribution in [0.15, 0.2) is 60.7 Å². The molecular weight excluding hydrogens is 232 g/mol. The molecular formula is C17H18Si. The summed E-state index contributed by atoms with van der Waals surface area (Å²) >= 11 is 0. The summed E-state index contributed by atoms with van der Waals surface area (Å²) in [4.78, 5) is 0. The van der Waals surface area contributed by atoms with Gasteiger partial charge in [0.2, 0.25) is 0 Å². The summed E-state index contributed by atoms with van der Waals surface area (Å²) < 4.78 is 0. The largest absolute Gasteiger partial charge is 0.198 e. The smallest absolute Gasteiger partial charge is 0.126 e. The highest BCUT2D eigenvalue weighted by Crippen LogP contribution is 2.12. The minimum atomic E-state index is -1.99. The van der Waals surface area contributed by atoms with Crippen molar-refractivity contribution in [2.24, 2.45) is 0 Å². The minimum absolute atomic E-state index is 1.11. The van der Waals surface area contributed by atoms with Crippen LogP contribution in [0.2, 0.25) is 6.04 Å². The van der Waals surface area contributed by atoms with Crippen LogP contribution in [0, 0.1) is 12.0 Å². The monoisotopic (exact) mass is 250 g/mol. The Kier molecular flexibility index (Phi) is 4.02. The molecule has 0 spiro atoms. The van der Waals surface area contributed by atoms with E-state index < -0.39 is 8.07 Å². The second kappa shape index (κ2) is 5.71. The van der Waals surface area contributed by atoms with Crippen molar-refractivity contribution in [3.8, 4) is 12.0 Å². The number of terminal acetylenes is 1. The van der Waals surface area contributed by atoms with Gasteiger partial charge in [0.05, 0.1) is 0 Å². The second-order valence-electron chi connectivity index (χ2n) is 4.53. The Hall–Kier alpha value is -1.78. The molecule has 0 aromatic heterocycles. The van der Waals surface area contributed by atoms with E-state index in [-0.39, 0.29) is 0 Å². The quantitative estimate of drug-likeness (QED) is 0.578. The number of benzene rings is 2. The third kappa shape index (κ3) is 2.25. The van der Waals surface area contributed by atoms with Crippen LogP contribution in [-0.2, 0) is 0 Å². The first kappa shape index (κ1) is 12.7. The number of hydrogen-bond acceptors (Lipinski definition) is 0. The molecule has 0 N–H and O–H groups in total. The summed E-state index contributed by atoms with van der Waals surface area (Å²) in [6.45, 7) is 2.21. The van der Waals surface area contributed by atoms with Gasteiger partial charge in [0.15, 0.2) is 8.07 Å². The predicted molar refractivity (Wildman–Crippen MR) is 81.8 cm³/mol. The number of hydrogen-bond donors (Lipinski definition) is 0. The maximum absolute atomic E-state index is 5.97. The number of rotatable bonds is 4. The summed E-state index contributed by atoms with van der Waals surface area (Å²) in [5.41, 5.74) is 3.19. The summed E-state index contributed by atoms with van der Waals surface area (Å²) in [6.07, 6.45) is 7.09. The molecule has 0 saturated carbocycles. The van der Waals surface area contributed by atoms with Gasteiger partial charge < -0.3 is 0 Å². The zero-order chi connectivity index (χ0) is 12.8.